The average Bonchev–Trinajstić information content (AvgIpc) is 2.83. The second kappa shape index (κ2) is 6.00. The predicted molar refractivity (Wildman–Crippen MR) is 77.5 cm³/mol. The van der Waals surface area contributed by atoms with Crippen molar-refractivity contribution in [2.45, 2.75) is 24.3 Å². The molecule has 0 aromatic heterocycles. The van der Waals surface area contributed by atoms with Crippen LogP contribution in [0.1, 0.15) is 12.5 Å². The summed E-state index contributed by atoms with van der Waals surface area (Å²) in [5.74, 6) is -0.0917. The van der Waals surface area contributed by atoms with Crippen LogP contribution in [0.25, 0.3) is 0 Å². The van der Waals surface area contributed by atoms with Crippen LogP contribution in [0.2, 0.25) is 10.0 Å². The maximum atomic E-state index is 11.9. The number of carbonyl (C=O) groups excluding carboxylic acids is 1. The van der Waals surface area contributed by atoms with Crippen LogP contribution < -0.4 is 9.46 Å². The van der Waals surface area contributed by atoms with Gasteiger partial charge in [-0.05, 0) is 13.1 Å². The Kier molecular flexibility index (Phi) is 4.67. The van der Waals surface area contributed by atoms with E-state index in [1.165, 1.54) is 20.0 Å². The highest BCUT2D eigenvalue weighted by Gasteiger charge is 2.31. The molecule has 2 rings (SSSR count). The van der Waals surface area contributed by atoms with Gasteiger partial charge in [0.15, 0.2) is 0 Å². The standard InChI is InChI=1S/C12H13Cl2NO5S/c1-6(16)19-5-8-3-7-4-9(21(17,18)15-2)10(13)11(14)12(7)20-8/h4,8,15H,3,5H2,1-2H3. The molecule has 0 amide bonds. The van der Waals surface area contributed by atoms with Crippen molar-refractivity contribution in [1.29, 1.82) is 0 Å². The molecule has 6 nitrogen and oxygen atoms in total. The zero-order valence-corrected chi connectivity index (χ0v) is 13.6. The van der Waals surface area contributed by atoms with Crippen molar-refractivity contribution in [3.63, 3.8) is 0 Å². The summed E-state index contributed by atoms with van der Waals surface area (Å²) in [4.78, 5) is 10.7. The van der Waals surface area contributed by atoms with E-state index in [1.54, 1.807) is 0 Å². The minimum absolute atomic E-state index is 0.0355. The quantitative estimate of drug-likeness (QED) is 0.834. The van der Waals surface area contributed by atoms with E-state index in [2.05, 4.69) is 4.72 Å². The lowest BCUT2D eigenvalue weighted by atomic mass is 10.1. The SMILES string of the molecule is CNS(=O)(=O)c1cc2c(c(Cl)c1Cl)OC(COC(C)=O)C2. The molecule has 1 atom stereocenters. The zero-order valence-electron chi connectivity index (χ0n) is 11.3. The molecule has 1 aliphatic rings. The Bertz CT molecular complexity index is 689. The molecule has 21 heavy (non-hydrogen) atoms. The van der Waals surface area contributed by atoms with E-state index in [9.17, 15) is 13.2 Å². The molecule has 0 bridgehead atoms. The summed E-state index contributed by atoms with van der Waals surface area (Å²) in [5, 5.41) is -0.0637. The van der Waals surface area contributed by atoms with Gasteiger partial charge in [0, 0.05) is 18.9 Å². The molecule has 0 saturated heterocycles. The third-order valence-electron chi connectivity index (χ3n) is 2.97. The Hall–Kier alpha value is -1.02. The highest BCUT2D eigenvalue weighted by atomic mass is 35.5. The second-order valence-corrected chi connectivity index (χ2v) is 7.06. The molecule has 0 radical (unpaired) electrons. The number of fused-ring (bicyclic) bond motifs is 1. The monoisotopic (exact) mass is 353 g/mol. The second-order valence-electron chi connectivity index (χ2n) is 4.45. The summed E-state index contributed by atoms with van der Waals surface area (Å²) in [6.07, 6.45) is -0.0313. The van der Waals surface area contributed by atoms with E-state index in [-0.39, 0.29) is 21.5 Å². The van der Waals surface area contributed by atoms with Gasteiger partial charge in [-0.25, -0.2) is 13.1 Å². The van der Waals surface area contributed by atoms with Crippen molar-refractivity contribution in [2.75, 3.05) is 13.7 Å². The Balaban J connectivity index is 2.35. The van der Waals surface area contributed by atoms with Gasteiger partial charge in [0.2, 0.25) is 10.0 Å². The number of ether oxygens (including phenoxy) is 2. The number of hydrogen-bond donors (Lipinski definition) is 1. The van der Waals surface area contributed by atoms with Gasteiger partial charge in [0.25, 0.3) is 0 Å². The number of carbonyl (C=O) groups is 1. The van der Waals surface area contributed by atoms with Crippen LogP contribution in [0.4, 0.5) is 0 Å². The Morgan fingerprint density at radius 2 is 2.14 bits per heavy atom. The number of sulfonamides is 1. The van der Waals surface area contributed by atoms with E-state index in [4.69, 9.17) is 32.7 Å². The van der Waals surface area contributed by atoms with Crippen molar-refractivity contribution < 1.29 is 22.7 Å². The molecular formula is C12H13Cl2NO5S. The first-order chi connectivity index (χ1) is 9.76. The number of nitrogens with one attached hydrogen (secondary N) is 1. The summed E-state index contributed by atoms with van der Waals surface area (Å²) in [6, 6.07) is 1.42. The van der Waals surface area contributed by atoms with E-state index in [0.29, 0.717) is 17.7 Å². The third kappa shape index (κ3) is 3.26. The van der Waals surface area contributed by atoms with E-state index < -0.39 is 22.1 Å². The molecule has 0 saturated carbocycles. The molecule has 0 aliphatic carbocycles. The molecule has 1 aromatic rings. The van der Waals surface area contributed by atoms with Crippen molar-refractivity contribution in [3.05, 3.63) is 21.7 Å². The van der Waals surface area contributed by atoms with Crippen molar-refractivity contribution >= 4 is 39.2 Å². The lowest BCUT2D eigenvalue weighted by Gasteiger charge is -2.12. The van der Waals surface area contributed by atoms with Crippen LogP contribution in [-0.2, 0) is 26.0 Å². The fourth-order valence-electron chi connectivity index (χ4n) is 1.98. The zero-order chi connectivity index (χ0) is 15.8. The maximum Gasteiger partial charge on any atom is 0.302 e. The van der Waals surface area contributed by atoms with Crippen LogP contribution in [-0.4, -0.2) is 34.1 Å². The van der Waals surface area contributed by atoms with Gasteiger partial charge in [-0.3, -0.25) is 4.79 Å². The molecule has 0 spiro atoms. The van der Waals surface area contributed by atoms with Gasteiger partial charge in [-0.15, -0.1) is 0 Å². The van der Waals surface area contributed by atoms with Crippen LogP contribution in [0, 0.1) is 0 Å². The number of halogens is 2. The third-order valence-corrected chi connectivity index (χ3v) is 5.37. The first-order valence-corrected chi connectivity index (χ1v) is 8.24. The number of esters is 1. The topological polar surface area (TPSA) is 81.7 Å². The molecule has 1 heterocycles. The van der Waals surface area contributed by atoms with Crippen molar-refractivity contribution in [3.8, 4) is 5.75 Å². The molecule has 1 N–H and O–H groups in total. The van der Waals surface area contributed by atoms with Gasteiger partial charge in [-0.1, -0.05) is 23.2 Å². The molecule has 116 valence electrons. The summed E-state index contributed by atoms with van der Waals surface area (Å²) in [5.41, 5.74) is 0.607. The lowest BCUT2D eigenvalue weighted by molar-refractivity contribution is -0.143. The summed E-state index contributed by atoms with van der Waals surface area (Å²) < 4.78 is 36.4. The largest absolute Gasteiger partial charge is 0.485 e. The Labute approximate surface area is 132 Å². The van der Waals surface area contributed by atoms with Gasteiger partial charge in [-0.2, -0.15) is 0 Å². The van der Waals surface area contributed by atoms with Gasteiger partial charge in [0.1, 0.15) is 28.4 Å². The summed E-state index contributed by atoms with van der Waals surface area (Å²) >= 11 is 12.1. The fraction of sp³-hybridized carbons (Fsp3) is 0.417. The minimum Gasteiger partial charge on any atom is -0.485 e. The van der Waals surface area contributed by atoms with Crippen LogP contribution in [0.5, 0.6) is 5.75 Å². The van der Waals surface area contributed by atoms with Gasteiger partial charge in [0.05, 0.1) is 5.02 Å². The van der Waals surface area contributed by atoms with Crippen molar-refractivity contribution in [2.24, 2.45) is 0 Å². The average molecular weight is 354 g/mol. The highest BCUT2D eigenvalue weighted by Crippen LogP contribution is 2.43. The Morgan fingerprint density at radius 1 is 1.48 bits per heavy atom. The fourth-order valence-corrected chi connectivity index (χ4v) is 3.60. The maximum absolute atomic E-state index is 11.9. The predicted octanol–water partition coefficient (Wildman–Crippen LogP) is 1.77. The number of hydrogen-bond acceptors (Lipinski definition) is 5. The van der Waals surface area contributed by atoms with E-state index in [0.717, 1.165) is 0 Å². The van der Waals surface area contributed by atoms with Crippen LogP contribution >= 0.6 is 23.2 Å². The summed E-state index contributed by atoms with van der Waals surface area (Å²) in [7, 11) is -2.44. The van der Waals surface area contributed by atoms with Gasteiger partial charge >= 0.3 is 5.97 Å². The van der Waals surface area contributed by atoms with Gasteiger partial charge < -0.3 is 9.47 Å². The molecule has 1 unspecified atom stereocenters. The molecule has 1 aliphatic heterocycles. The first-order valence-electron chi connectivity index (χ1n) is 6.00. The van der Waals surface area contributed by atoms with Crippen LogP contribution in [0.3, 0.4) is 0 Å². The summed E-state index contributed by atoms with van der Waals surface area (Å²) in [6.45, 7) is 1.36. The van der Waals surface area contributed by atoms with Crippen molar-refractivity contribution in [1.82, 2.24) is 4.72 Å². The molecule has 0 fully saturated rings. The lowest BCUT2D eigenvalue weighted by Crippen LogP contribution is -2.21. The molecule has 1 aromatic carbocycles. The van der Waals surface area contributed by atoms with E-state index >= 15 is 0 Å². The number of rotatable bonds is 4. The first kappa shape index (κ1) is 16.4. The normalized spacial score (nSPS) is 17.2. The smallest absolute Gasteiger partial charge is 0.302 e. The van der Waals surface area contributed by atoms with Crippen LogP contribution in [0.15, 0.2) is 11.0 Å². The minimum atomic E-state index is -3.72. The Morgan fingerprint density at radius 3 is 2.71 bits per heavy atom. The number of benzene rings is 1. The highest BCUT2D eigenvalue weighted by molar-refractivity contribution is 7.89. The molecule has 9 heteroatoms. The molecular weight excluding hydrogens is 341 g/mol. The van der Waals surface area contributed by atoms with E-state index in [1.807, 2.05) is 0 Å².